The van der Waals surface area contributed by atoms with E-state index in [9.17, 15) is 9.90 Å². The highest BCUT2D eigenvalue weighted by atomic mass is 16.3. The van der Waals surface area contributed by atoms with Crippen molar-refractivity contribution in [3.8, 4) is 0 Å². The monoisotopic (exact) mass is 295 g/mol. The first-order valence-electron chi connectivity index (χ1n) is 7.76. The molecule has 1 amide bonds. The number of benzene rings is 2. The van der Waals surface area contributed by atoms with Gasteiger partial charge in [-0.1, -0.05) is 60.7 Å². The Kier molecular flexibility index (Phi) is 4.25. The third-order valence-electron chi connectivity index (χ3n) is 4.63. The van der Waals surface area contributed by atoms with Crippen molar-refractivity contribution in [2.75, 3.05) is 19.7 Å². The van der Waals surface area contributed by atoms with E-state index in [1.54, 1.807) is 4.90 Å². The largest absolute Gasteiger partial charge is 0.387 e. The van der Waals surface area contributed by atoms with Crippen LogP contribution >= 0.6 is 0 Å². The summed E-state index contributed by atoms with van der Waals surface area (Å²) >= 11 is 0. The molecule has 1 aliphatic rings. The molecule has 0 bridgehead atoms. The molecule has 3 rings (SSSR count). The molecule has 0 unspecified atom stereocenters. The summed E-state index contributed by atoms with van der Waals surface area (Å²) in [5.74, 6) is -0.184. The van der Waals surface area contributed by atoms with Crippen LogP contribution in [0.4, 0.5) is 0 Å². The maximum atomic E-state index is 12.0. The number of carbonyl (C=O) groups is 1. The smallest absolute Gasteiger partial charge is 0.248 e. The lowest BCUT2D eigenvalue weighted by Crippen LogP contribution is -2.49. The minimum Gasteiger partial charge on any atom is -0.387 e. The highest BCUT2D eigenvalue weighted by Gasteiger charge is 2.39. The normalized spacial score (nSPS) is 17.2. The van der Waals surface area contributed by atoms with E-state index in [1.165, 1.54) is 11.1 Å². The Balaban J connectivity index is 2.06. The van der Waals surface area contributed by atoms with E-state index < -0.39 is 6.61 Å². The average molecular weight is 295 g/mol. The number of aliphatic hydroxyl groups excluding tert-OH is 1. The number of nitrogens with zero attached hydrogens (tertiary/aromatic N) is 1. The fourth-order valence-corrected chi connectivity index (χ4v) is 3.52. The maximum Gasteiger partial charge on any atom is 0.248 e. The zero-order chi connectivity index (χ0) is 15.4. The van der Waals surface area contributed by atoms with Gasteiger partial charge in [-0.15, -0.1) is 0 Å². The summed E-state index contributed by atoms with van der Waals surface area (Å²) in [5.41, 5.74) is 2.28. The first kappa shape index (κ1) is 14.8. The molecule has 1 fully saturated rings. The molecule has 2 aromatic carbocycles. The van der Waals surface area contributed by atoms with Crippen LogP contribution in [0.2, 0.25) is 0 Å². The summed E-state index contributed by atoms with van der Waals surface area (Å²) in [6, 6.07) is 20.8. The topological polar surface area (TPSA) is 40.5 Å². The molecular formula is C19H21NO2. The van der Waals surface area contributed by atoms with Gasteiger partial charge in [0.25, 0.3) is 0 Å². The van der Waals surface area contributed by atoms with E-state index in [4.69, 9.17) is 0 Å². The van der Waals surface area contributed by atoms with Crippen molar-refractivity contribution in [2.45, 2.75) is 18.3 Å². The molecule has 0 radical (unpaired) electrons. The number of rotatable bonds is 3. The second-order valence-electron chi connectivity index (χ2n) is 5.89. The number of hydrogen-bond acceptors (Lipinski definition) is 2. The molecule has 3 nitrogen and oxygen atoms in total. The zero-order valence-electron chi connectivity index (χ0n) is 12.6. The summed E-state index contributed by atoms with van der Waals surface area (Å²) in [4.78, 5) is 13.8. The predicted octanol–water partition coefficient (Wildman–Crippen LogP) is 2.59. The van der Waals surface area contributed by atoms with Crippen LogP contribution in [0.5, 0.6) is 0 Å². The molecule has 0 aliphatic carbocycles. The Hall–Kier alpha value is -2.13. The number of carbonyl (C=O) groups excluding carboxylic acids is 1. The highest BCUT2D eigenvalue weighted by Crippen LogP contribution is 2.40. The first-order chi connectivity index (χ1) is 10.8. The fraction of sp³-hybridized carbons (Fsp3) is 0.316. The van der Waals surface area contributed by atoms with Gasteiger partial charge in [0.05, 0.1) is 0 Å². The van der Waals surface area contributed by atoms with Gasteiger partial charge in [0.15, 0.2) is 0 Å². The first-order valence-corrected chi connectivity index (χ1v) is 7.76. The second kappa shape index (κ2) is 6.32. The van der Waals surface area contributed by atoms with Gasteiger partial charge in [0.2, 0.25) is 5.91 Å². The van der Waals surface area contributed by atoms with Crippen LogP contribution in [-0.4, -0.2) is 35.6 Å². The van der Waals surface area contributed by atoms with E-state index in [-0.39, 0.29) is 11.3 Å². The third-order valence-corrected chi connectivity index (χ3v) is 4.63. The van der Waals surface area contributed by atoms with Crippen LogP contribution in [0.25, 0.3) is 0 Å². The van der Waals surface area contributed by atoms with E-state index in [0.717, 1.165) is 19.4 Å². The van der Waals surface area contributed by atoms with Crippen molar-refractivity contribution in [1.29, 1.82) is 0 Å². The van der Waals surface area contributed by atoms with Gasteiger partial charge < -0.3 is 10.0 Å². The SMILES string of the molecule is O=C(CO)N1CCCC(c2ccccc2)(c2ccccc2)C1. The van der Waals surface area contributed by atoms with Crippen molar-refractivity contribution in [2.24, 2.45) is 0 Å². The summed E-state index contributed by atoms with van der Waals surface area (Å²) in [5, 5.41) is 9.21. The Morgan fingerprint density at radius 1 is 1.00 bits per heavy atom. The van der Waals surface area contributed by atoms with Crippen LogP contribution in [0.1, 0.15) is 24.0 Å². The molecule has 0 aromatic heterocycles. The van der Waals surface area contributed by atoms with Crippen molar-refractivity contribution < 1.29 is 9.90 Å². The Morgan fingerprint density at radius 2 is 1.55 bits per heavy atom. The van der Waals surface area contributed by atoms with Gasteiger partial charge in [-0.25, -0.2) is 0 Å². The Morgan fingerprint density at radius 3 is 2.05 bits per heavy atom. The van der Waals surface area contributed by atoms with E-state index >= 15 is 0 Å². The van der Waals surface area contributed by atoms with Gasteiger partial charge in [0.1, 0.15) is 6.61 Å². The van der Waals surface area contributed by atoms with Crippen LogP contribution in [0.15, 0.2) is 60.7 Å². The quantitative estimate of drug-likeness (QED) is 0.945. The highest BCUT2D eigenvalue weighted by molar-refractivity contribution is 5.77. The number of hydrogen-bond donors (Lipinski definition) is 1. The van der Waals surface area contributed by atoms with Gasteiger partial charge >= 0.3 is 0 Å². The second-order valence-corrected chi connectivity index (χ2v) is 5.89. The standard InChI is InChI=1S/C19H21NO2/c21-14-18(22)20-13-7-12-19(15-20,16-8-3-1-4-9-16)17-10-5-2-6-11-17/h1-6,8-11,21H,7,12-15H2. The molecule has 1 heterocycles. The van der Waals surface area contributed by atoms with Crippen LogP contribution in [0, 0.1) is 0 Å². The molecule has 1 aliphatic heterocycles. The zero-order valence-corrected chi connectivity index (χ0v) is 12.6. The summed E-state index contributed by atoms with van der Waals surface area (Å²) < 4.78 is 0. The van der Waals surface area contributed by atoms with Crippen LogP contribution in [0.3, 0.4) is 0 Å². The van der Waals surface area contributed by atoms with Crippen LogP contribution in [-0.2, 0) is 10.2 Å². The number of piperidine rings is 1. The van der Waals surface area contributed by atoms with Gasteiger partial charge in [-0.2, -0.15) is 0 Å². The summed E-state index contributed by atoms with van der Waals surface area (Å²) in [7, 11) is 0. The molecule has 1 N–H and O–H groups in total. The van der Waals surface area contributed by atoms with Crippen molar-refractivity contribution >= 4 is 5.91 Å². The average Bonchev–Trinajstić information content (AvgIpc) is 2.62. The minimum absolute atomic E-state index is 0.184. The van der Waals surface area contributed by atoms with Gasteiger partial charge in [-0.3, -0.25) is 4.79 Å². The molecule has 2 aromatic rings. The maximum absolute atomic E-state index is 12.0. The number of amides is 1. The molecule has 3 heteroatoms. The van der Waals surface area contributed by atoms with Crippen molar-refractivity contribution in [3.63, 3.8) is 0 Å². The lowest BCUT2D eigenvalue weighted by molar-refractivity contribution is -0.136. The molecule has 22 heavy (non-hydrogen) atoms. The Labute approximate surface area is 131 Å². The molecule has 0 saturated carbocycles. The van der Waals surface area contributed by atoms with Gasteiger partial charge in [-0.05, 0) is 24.0 Å². The molecular weight excluding hydrogens is 274 g/mol. The Bertz CT molecular complexity index is 585. The molecule has 0 atom stereocenters. The summed E-state index contributed by atoms with van der Waals surface area (Å²) in [6.07, 6.45) is 1.95. The molecule has 114 valence electrons. The van der Waals surface area contributed by atoms with Crippen molar-refractivity contribution in [1.82, 2.24) is 4.90 Å². The lowest BCUT2D eigenvalue weighted by atomic mass is 9.69. The number of likely N-dealkylation sites (tertiary alicyclic amines) is 1. The van der Waals surface area contributed by atoms with Crippen molar-refractivity contribution in [3.05, 3.63) is 71.8 Å². The van der Waals surface area contributed by atoms with Gasteiger partial charge in [0, 0.05) is 18.5 Å². The summed E-state index contributed by atoms with van der Waals surface area (Å²) in [6.45, 7) is 0.931. The molecule has 0 spiro atoms. The minimum atomic E-state index is -0.417. The lowest BCUT2D eigenvalue weighted by Gasteiger charge is -2.43. The number of aliphatic hydroxyl groups is 1. The third kappa shape index (κ3) is 2.64. The predicted molar refractivity (Wildman–Crippen MR) is 86.6 cm³/mol. The fourth-order valence-electron chi connectivity index (χ4n) is 3.52. The van der Waals surface area contributed by atoms with E-state index in [1.807, 2.05) is 36.4 Å². The molecule has 1 saturated heterocycles. The van der Waals surface area contributed by atoms with E-state index in [2.05, 4.69) is 24.3 Å². The van der Waals surface area contributed by atoms with E-state index in [0.29, 0.717) is 6.54 Å². The van der Waals surface area contributed by atoms with Crippen LogP contribution < -0.4 is 0 Å².